The molecule has 4 rings (SSSR count). The van der Waals surface area contributed by atoms with Crippen LogP contribution in [0.15, 0.2) is 24.3 Å². The molecule has 2 aliphatic rings. The molecule has 10 heteroatoms. The van der Waals surface area contributed by atoms with Crippen LogP contribution in [0.3, 0.4) is 0 Å². The second-order valence-corrected chi connectivity index (χ2v) is 10.1. The normalized spacial score (nSPS) is 17.9. The molecule has 194 valence electrons. The lowest BCUT2D eigenvalue weighted by atomic mass is 10.0. The Hall–Kier alpha value is -3.40. The van der Waals surface area contributed by atoms with E-state index in [1.165, 1.54) is 0 Å². The summed E-state index contributed by atoms with van der Waals surface area (Å²) in [4.78, 5) is 38.5. The molecule has 1 atom stereocenters. The van der Waals surface area contributed by atoms with Gasteiger partial charge in [-0.25, -0.2) is 19.6 Å². The topological polar surface area (TPSA) is 109 Å². The monoisotopic (exact) mass is 496 g/mol. The number of morpholine rings is 1. The van der Waals surface area contributed by atoms with E-state index in [1.807, 2.05) is 52.0 Å². The number of nitrogens with one attached hydrogen (secondary N) is 2. The van der Waals surface area contributed by atoms with Gasteiger partial charge >= 0.3 is 12.1 Å². The number of hydrogen-bond donors (Lipinski definition) is 2. The quantitative estimate of drug-likeness (QED) is 0.663. The molecule has 36 heavy (non-hydrogen) atoms. The van der Waals surface area contributed by atoms with Crippen LogP contribution in [-0.4, -0.2) is 71.5 Å². The summed E-state index contributed by atoms with van der Waals surface area (Å²) < 4.78 is 11.3. The average Bonchev–Trinajstić information content (AvgIpc) is 2.83. The van der Waals surface area contributed by atoms with Gasteiger partial charge in [0.2, 0.25) is 0 Å². The van der Waals surface area contributed by atoms with Gasteiger partial charge in [0.1, 0.15) is 11.4 Å². The van der Waals surface area contributed by atoms with Gasteiger partial charge in [0, 0.05) is 42.9 Å². The van der Waals surface area contributed by atoms with E-state index in [-0.39, 0.29) is 18.2 Å². The van der Waals surface area contributed by atoms with Crippen molar-refractivity contribution in [3.05, 3.63) is 35.5 Å². The minimum atomic E-state index is -0.558. The van der Waals surface area contributed by atoms with Crippen molar-refractivity contribution >= 4 is 23.6 Å². The predicted molar refractivity (Wildman–Crippen MR) is 138 cm³/mol. The number of amides is 3. The van der Waals surface area contributed by atoms with Crippen molar-refractivity contribution in [3.63, 3.8) is 0 Å². The Labute approximate surface area is 212 Å². The number of fused-ring (bicyclic) bond motifs is 1. The molecule has 10 nitrogen and oxygen atoms in total. The molecule has 3 heterocycles. The molecular weight excluding hydrogens is 460 g/mol. The van der Waals surface area contributed by atoms with E-state index >= 15 is 0 Å². The van der Waals surface area contributed by atoms with Crippen molar-refractivity contribution in [2.24, 2.45) is 0 Å². The summed E-state index contributed by atoms with van der Waals surface area (Å²) >= 11 is 0. The number of benzene rings is 1. The fraction of sp³-hybridized carbons (Fsp3) is 0.538. The van der Waals surface area contributed by atoms with E-state index in [1.54, 1.807) is 4.90 Å². The highest BCUT2D eigenvalue weighted by atomic mass is 16.6. The summed E-state index contributed by atoms with van der Waals surface area (Å²) in [7, 11) is 0. The minimum Gasteiger partial charge on any atom is -0.444 e. The molecular formula is C26H36N6O4. The van der Waals surface area contributed by atoms with Crippen LogP contribution < -0.4 is 15.5 Å². The molecule has 2 N–H and O–H groups in total. The Morgan fingerprint density at radius 2 is 1.92 bits per heavy atom. The van der Waals surface area contributed by atoms with E-state index < -0.39 is 5.60 Å². The second kappa shape index (κ2) is 10.7. The van der Waals surface area contributed by atoms with E-state index in [2.05, 4.69) is 22.5 Å². The molecule has 1 aromatic heterocycles. The highest BCUT2D eigenvalue weighted by molar-refractivity contribution is 5.89. The highest BCUT2D eigenvalue weighted by Gasteiger charge is 2.32. The third-order valence-electron chi connectivity index (χ3n) is 6.07. The van der Waals surface area contributed by atoms with Crippen LogP contribution in [0.5, 0.6) is 0 Å². The highest BCUT2D eigenvalue weighted by Crippen LogP contribution is 2.32. The molecule has 3 amide bonds. The van der Waals surface area contributed by atoms with Crippen molar-refractivity contribution in [2.75, 3.05) is 43.1 Å². The smallest absolute Gasteiger partial charge is 0.410 e. The van der Waals surface area contributed by atoms with Gasteiger partial charge in [-0.1, -0.05) is 0 Å². The number of carbonyl (C=O) groups is 2. The van der Waals surface area contributed by atoms with Gasteiger partial charge in [-0.15, -0.1) is 0 Å². The first kappa shape index (κ1) is 25.7. The van der Waals surface area contributed by atoms with Crippen LogP contribution in [0, 0.1) is 0 Å². The predicted octanol–water partition coefficient (Wildman–Crippen LogP) is 3.80. The maximum absolute atomic E-state index is 12.8. The third kappa shape index (κ3) is 6.04. The van der Waals surface area contributed by atoms with Crippen LogP contribution >= 0.6 is 0 Å². The number of rotatable bonds is 4. The molecule has 0 saturated carbocycles. The van der Waals surface area contributed by atoms with Crippen molar-refractivity contribution < 1.29 is 19.1 Å². The van der Waals surface area contributed by atoms with Crippen LogP contribution in [0.25, 0.3) is 11.4 Å². The van der Waals surface area contributed by atoms with Gasteiger partial charge < -0.3 is 29.9 Å². The van der Waals surface area contributed by atoms with Gasteiger partial charge in [0.15, 0.2) is 5.82 Å². The molecule has 0 bridgehead atoms. The lowest BCUT2D eigenvalue weighted by molar-refractivity contribution is 0.0222. The number of hydrogen-bond acceptors (Lipinski definition) is 7. The van der Waals surface area contributed by atoms with Gasteiger partial charge in [0.05, 0.1) is 31.5 Å². The van der Waals surface area contributed by atoms with E-state index in [9.17, 15) is 9.59 Å². The second-order valence-electron chi connectivity index (χ2n) is 10.1. The van der Waals surface area contributed by atoms with Gasteiger partial charge in [-0.05, 0) is 58.9 Å². The fourth-order valence-corrected chi connectivity index (χ4v) is 4.33. The molecule has 2 aliphatic heterocycles. The molecule has 1 aromatic carbocycles. The molecule has 0 radical (unpaired) electrons. The Balaban J connectivity index is 1.66. The first-order chi connectivity index (χ1) is 17.1. The summed E-state index contributed by atoms with van der Waals surface area (Å²) in [6.07, 6.45) is 0.292. The molecule has 0 spiro atoms. The molecule has 1 saturated heterocycles. The van der Waals surface area contributed by atoms with Crippen LogP contribution in [0.4, 0.5) is 21.1 Å². The third-order valence-corrected chi connectivity index (χ3v) is 6.07. The zero-order valence-corrected chi connectivity index (χ0v) is 21.8. The average molecular weight is 497 g/mol. The van der Waals surface area contributed by atoms with E-state index in [4.69, 9.17) is 19.4 Å². The van der Waals surface area contributed by atoms with E-state index in [0.717, 1.165) is 22.6 Å². The van der Waals surface area contributed by atoms with Crippen molar-refractivity contribution in [2.45, 2.75) is 59.2 Å². The van der Waals surface area contributed by atoms with Gasteiger partial charge in [0.25, 0.3) is 0 Å². The number of nitrogens with zero attached hydrogens (tertiary/aromatic N) is 4. The summed E-state index contributed by atoms with van der Waals surface area (Å²) in [6, 6.07) is 7.40. The first-order valence-electron chi connectivity index (χ1n) is 12.5. The van der Waals surface area contributed by atoms with Crippen molar-refractivity contribution in [1.29, 1.82) is 0 Å². The fourth-order valence-electron chi connectivity index (χ4n) is 4.33. The lowest BCUT2D eigenvalue weighted by Crippen LogP contribution is -2.46. The maximum Gasteiger partial charge on any atom is 0.410 e. The van der Waals surface area contributed by atoms with Gasteiger partial charge in [-0.3, -0.25) is 0 Å². The summed E-state index contributed by atoms with van der Waals surface area (Å²) in [5, 5.41) is 5.53. The summed E-state index contributed by atoms with van der Waals surface area (Å²) in [6.45, 7) is 13.0. The lowest BCUT2D eigenvalue weighted by Gasteiger charge is -2.38. The number of carbonyl (C=O) groups excluding carboxylic acids is 2. The zero-order valence-electron chi connectivity index (χ0n) is 21.8. The first-order valence-corrected chi connectivity index (χ1v) is 12.5. The number of aromatic nitrogens is 2. The molecule has 1 fully saturated rings. The van der Waals surface area contributed by atoms with Crippen LogP contribution in [0.2, 0.25) is 0 Å². The standard InChI is InChI=1S/C26H36N6O4/c1-6-27-24(33)28-19-9-7-18(8-10-19)22-29-21-11-12-31(25(34)36-26(3,4)5)15-20(21)23(30-22)32-13-14-35-16-17(32)2/h7-10,17H,6,11-16H2,1-5H3,(H2,27,28,33)/t17-/m0/s1. The molecule has 2 aromatic rings. The molecule has 0 unspecified atom stereocenters. The van der Waals surface area contributed by atoms with E-state index in [0.29, 0.717) is 57.3 Å². The summed E-state index contributed by atoms with van der Waals surface area (Å²) in [5.41, 5.74) is 2.89. The summed E-state index contributed by atoms with van der Waals surface area (Å²) in [5.74, 6) is 1.46. The zero-order chi connectivity index (χ0) is 25.9. The number of anilines is 2. The number of urea groups is 1. The Bertz CT molecular complexity index is 1100. The van der Waals surface area contributed by atoms with Crippen molar-refractivity contribution in [3.8, 4) is 11.4 Å². The Kier molecular flexibility index (Phi) is 7.63. The van der Waals surface area contributed by atoms with Gasteiger partial charge in [-0.2, -0.15) is 0 Å². The minimum absolute atomic E-state index is 0.145. The van der Waals surface area contributed by atoms with Crippen LogP contribution in [0.1, 0.15) is 45.9 Å². The molecule has 0 aliphatic carbocycles. The SMILES string of the molecule is CCNC(=O)Nc1ccc(-c2nc3c(c(N4CCOC[C@@H]4C)n2)CN(C(=O)OC(C)(C)C)CC3)cc1. The number of ether oxygens (including phenoxy) is 2. The Morgan fingerprint density at radius 1 is 1.17 bits per heavy atom. The maximum atomic E-state index is 12.8. The van der Waals surface area contributed by atoms with Crippen LogP contribution in [-0.2, 0) is 22.4 Å². The van der Waals surface area contributed by atoms with Crippen molar-refractivity contribution in [1.82, 2.24) is 20.2 Å². The largest absolute Gasteiger partial charge is 0.444 e. The Morgan fingerprint density at radius 3 is 2.58 bits per heavy atom.